The van der Waals surface area contributed by atoms with Crippen molar-refractivity contribution < 1.29 is 9.47 Å². The molecule has 72 valence electrons. The first-order chi connectivity index (χ1) is 6.24. The average molecular weight is 196 g/mol. The molecule has 0 aliphatic heterocycles. The number of para-hydroxylation sites is 1. The summed E-state index contributed by atoms with van der Waals surface area (Å²) in [5.41, 5.74) is 0. The summed E-state index contributed by atoms with van der Waals surface area (Å²) in [7, 11) is 1.00. The van der Waals surface area contributed by atoms with E-state index in [1.54, 1.807) is 0 Å². The van der Waals surface area contributed by atoms with Crippen LogP contribution in [0.25, 0.3) is 0 Å². The summed E-state index contributed by atoms with van der Waals surface area (Å²) >= 11 is 0. The topological polar surface area (TPSA) is 18.5 Å². The van der Waals surface area contributed by atoms with Gasteiger partial charge in [-0.3, -0.25) is 0 Å². The van der Waals surface area contributed by atoms with Crippen molar-refractivity contribution in [3.63, 3.8) is 0 Å². The number of hydrogen-bond acceptors (Lipinski definition) is 2. The minimum Gasteiger partial charge on any atom is -0.465 e. The van der Waals surface area contributed by atoms with Crippen molar-refractivity contribution in [3.8, 4) is 5.75 Å². The van der Waals surface area contributed by atoms with E-state index in [9.17, 15) is 0 Å². The largest absolute Gasteiger partial charge is 0.465 e. The molecule has 13 heavy (non-hydrogen) atoms. The van der Waals surface area contributed by atoms with Crippen molar-refractivity contribution in [2.75, 3.05) is 6.61 Å². The van der Waals surface area contributed by atoms with Gasteiger partial charge in [0.25, 0.3) is 0 Å². The molecule has 1 unspecified atom stereocenters. The van der Waals surface area contributed by atoms with Gasteiger partial charge in [0.2, 0.25) is 0 Å². The lowest BCUT2D eigenvalue weighted by atomic mass is 10.3. The summed E-state index contributed by atoms with van der Waals surface area (Å²) < 4.78 is 10.9. The Hall–Kier alpha value is -0.803. The lowest BCUT2D eigenvalue weighted by Gasteiger charge is -2.15. The predicted molar refractivity (Wildman–Crippen MR) is 57.7 cm³/mol. The standard InChI is InChI=1S/C10H16O2Si/c1-3-11-8(2)12-9-6-4-5-7-10(9)13/h4-8H,3H2,1-2,13H3. The van der Waals surface area contributed by atoms with Crippen molar-refractivity contribution in [1.82, 2.24) is 0 Å². The highest BCUT2D eigenvalue weighted by atomic mass is 28.1. The fourth-order valence-electron chi connectivity index (χ4n) is 1.14. The van der Waals surface area contributed by atoms with Gasteiger partial charge in [-0.1, -0.05) is 18.2 Å². The maximum atomic E-state index is 5.60. The predicted octanol–water partition coefficient (Wildman–Crippen LogP) is 0.439. The van der Waals surface area contributed by atoms with E-state index in [0.29, 0.717) is 6.61 Å². The highest BCUT2D eigenvalue weighted by Gasteiger charge is 2.03. The molecule has 0 aliphatic carbocycles. The van der Waals surface area contributed by atoms with E-state index in [-0.39, 0.29) is 6.29 Å². The minimum absolute atomic E-state index is 0.153. The first-order valence-electron chi connectivity index (χ1n) is 4.58. The van der Waals surface area contributed by atoms with Gasteiger partial charge >= 0.3 is 0 Å². The van der Waals surface area contributed by atoms with E-state index < -0.39 is 0 Å². The van der Waals surface area contributed by atoms with Crippen molar-refractivity contribution in [1.29, 1.82) is 0 Å². The first kappa shape index (κ1) is 10.3. The molecule has 1 atom stereocenters. The van der Waals surface area contributed by atoms with Gasteiger partial charge < -0.3 is 9.47 Å². The third-order valence-corrected chi connectivity index (χ3v) is 2.61. The van der Waals surface area contributed by atoms with E-state index >= 15 is 0 Å². The van der Waals surface area contributed by atoms with E-state index in [1.165, 1.54) is 5.19 Å². The third kappa shape index (κ3) is 3.20. The molecule has 1 rings (SSSR count). The van der Waals surface area contributed by atoms with Gasteiger partial charge in [0.05, 0.1) is 0 Å². The van der Waals surface area contributed by atoms with Crippen LogP contribution in [0.15, 0.2) is 24.3 Å². The zero-order chi connectivity index (χ0) is 9.68. The zero-order valence-electron chi connectivity index (χ0n) is 8.41. The van der Waals surface area contributed by atoms with Gasteiger partial charge in [0, 0.05) is 16.8 Å². The molecule has 0 fully saturated rings. The Balaban J connectivity index is 2.58. The van der Waals surface area contributed by atoms with Crippen LogP contribution in [-0.4, -0.2) is 23.1 Å². The second-order valence-electron chi connectivity index (χ2n) is 2.91. The van der Waals surface area contributed by atoms with Crippen LogP contribution in [-0.2, 0) is 4.74 Å². The highest BCUT2D eigenvalue weighted by molar-refractivity contribution is 6.34. The Morgan fingerprint density at radius 2 is 2.08 bits per heavy atom. The third-order valence-electron chi connectivity index (χ3n) is 1.79. The van der Waals surface area contributed by atoms with Gasteiger partial charge in [0.15, 0.2) is 6.29 Å². The van der Waals surface area contributed by atoms with Gasteiger partial charge in [-0.2, -0.15) is 0 Å². The molecule has 1 aromatic rings. The van der Waals surface area contributed by atoms with E-state index in [2.05, 4.69) is 6.07 Å². The smallest absolute Gasteiger partial charge is 0.196 e. The molecule has 0 bridgehead atoms. The molecule has 0 heterocycles. The Bertz CT molecular complexity index is 263. The molecular weight excluding hydrogens is 180 g/mol. The van der Waals surface area contributed by atoms with Gasteiger partial charge in [-0.25, -0.2) is 0 Å². The number of ether oxygens (including phenoxy) is 2. The Morgan fingerprint density at radius 1 is 1.38 bits per heavy atom. The lowest BCUT2D eigenvalue weighted by Crippen LogP contribution is -2.20. The Labute approximate surface area is 82.3 Å². The molecule has 0 amide bonds. The molecular formula is C10H16O2Si. The van der Waals surface area contributed by atoms with E-state index in [1.807, 2.05) is 32.0 Å². The molecule has 0 aliphatic rings. The maximum absolute atomic E-state index is 5.60. The average Bonchev–Trinajstić information content (AvgIpc) is 2.09. The van der Waals surface area contributed by atoms with Gasteiger partial charge in [-0.05, 0) is 25.1 Å². The molecule has 3 heteroatoms. The van der Waals surface area contributed by atoms with Gasteiger partial charge in [-0.15, -0.1) is 0 Å². The summed E-state index contributed by atoms with van der Waals surface area (Å²) in [6.45, 7) is 4.56. The lowest BCUT2D eigenvalue weighted by molar-refractivity contribution is -0.0607. The second kappa shape index (κ2) is 5.04. The normalized spacial score (nSPS) is 12.8. The Kier molecular flexibility index (Phi) is 3.99. The zero-order valence-corrected chi connectivity index (χ0v) is 10.4. The fraction of sp³-hybridized carbons (Fsp3) is 0.400. The first-order valence-corrected chi connectivity index (χ1v) is 5.58. The van der Waals surface area contributed by atoms with Crippen LogP contribution < -0.4 is 9.92 Å². The summed E-state index contributed by atoms with van der Waals surface area (Å²) in [6, 6.07) is 8.08. The molecule has 0 radical (unpaired) electrons. The van der Waals surface area contributed by atoms with Crippen molar-refractivity contribution in [2.45, 2.75) is 20.1 Å². The van der Waals surface area contributed by atoms with Crippen LogP contribution in [0, 0.1) is 0 Å². The second-order valence-corrected chi connectivity index (χ2v) is 3.98. The van der Waals surface area contributed by atoms with Crippen LogP contribution in [0.5, 0.6) is 5.75 Å². The number of benzene rings is 1. The van der Waals surface area contributed by atoms with Crippen LogP contribution in [0.4, 0.5) is 0 Å². The number of rotatable bonds is 4. The molecule has 0 saturated carbocycles. The van der Waals surface area contributed by atoms with Gasteiger partial charge in [0.1, 0.15) is 5.75 Å². The SMILES string of the molecule is CCOC(C)Oc1ccccc1[SiH3]. The molecule has 0 N–H and O–H groups in total. The van der Waals surface area contributed by atoms with Crippen LogP contribution in [0.3, 0.4) is 0 Å². The number of hydrogen-bond donors (Lipinski definition) is 0. The summed E-state index contributed by atoms with van der Waals surface area (Å²) in [4.78, 5) is 0. The Morgan fingerprint density at radius 3 is 2.69 bits per heavy atom. The monoisotopic (exact) mass is 196 g/mol. The summed E-state index contributed by atoms with van der Waals surface area (Å²) in [6.07, 6.45) is -0.153. The van der Waals surface area contributed by atoms with E-state index in [0.717, 1.165) is 16.0 Å². The molecule has 0 saturated heterocycles. The molecule has 1 aromatic carbocycles. The highest BCUT2D eigenvalue weighted by Crippen LogP contribution is 2.07. The van der Waals surface area contributed by atoms with Crippen molar-refractivity contribution in [2.24, 2.45) is 0 Å². The van der Waals surface area contributed by atoms with Crippen LogP contribution in [0.2, 0.25) is 0 Å². The summed E-state index contributed by atoms with van der Waals surface area (Å²) in [5, 5.41) is 1.27. The maximum Gasteiger partial charge on any atom is 0.196 e. The minimum atomic E-state index is -0.153. The van der Waals surface area contributed by atoms with E-state index in [4.69, 9.17) is 9.47 Å². The fourth-order valence-corrected chi connectivity index (χ4v) is 1.61. The van der Waals surface area contributed by atoms with Crippen molar-refractivity contribution >= 4 is 15.4 Å². The molecule has 0 spiro atoms. The van der Waals surface area contributed by atoms with Crippen molar-refractivity contribution in [3.05, 3.63) is 24.3 Å². The van der Waals surface area contributed by atoms with Crippen LogP contribution in [0.1, 0.15) is 13.8 Å². The molecule has 0 aromatic heterocycles. The van der Waals surface area contributed by atoms with Crippen LogP contribution >= 0.6 is 0 Å². The molecule has 2 nitrogen and oxygen atoms in total. The quantitative estimate of drug-likeness (QED) is 0.514. The summed E-state index contributed by atoms with van der Waals surface area (Å²) in [5.74, 6) is 0.954.